The molecule has 0 radical (unpaired) electrons. The zero-order valence-corrected chi connectivity index (χ0v) is 12.9. The maximum Gasteiger partial charge on any atom is 0.311 e. The molecule has 6 heteroatoms. The second kappa shape index (κ2) is 6.24. The Kier molecular flexibility index (Phi) is 4.62. The molecule has 104 valence electrons. The van der Waals surface area contributed by atoms with E-state index >= 15 is 0 Å². The van der Waals surface area contributed by atoms with Gasteiger partial charge in [-0.2, -0.15) is 0 Å². The molecule has 1 atom stereocenters. The molecule has 4 nitrogen and oxygen atoms in total. The molecule has 0 heterocycles. The lowest BCUT2D eigenvalue weighted by atomic mass is 10.1. The Labute approximate surface area is 129 Å². The number of rotatable bonds is 4. The summed E-state index contributed by atoms with van der Waals surface area (Å²) in [5.74, 6) is 0.229. The van der Waals surface area contributed by atoms with E-state index in [1.807, 2.05) is 19.1 Å². The van der Waals surface area contributed by atoms with Crippen LogP contribution in [0.25, 0.3) is 0 Å². The molecule has 20 heavy (non-hydrogen) atoms. The molecular weight excluding hydrogens is 346 g/mol. The van der Waals surface area contributed by atoms with Gasteiger partial charge in [-0.15, -0.1) is 0 Å². The van der Waals surface area contributed by atoms with Crippen molar-refractivity contribution < 1.29 is 9.66 Å². The van der Waals surface area contributed by atoms with E-state index in [0.717, 1.165) is 10.0 Å². The van der Waals surface area contributed by atoms with Gasteiger partial charge in [0.1, 0.15) is 6.10 Å². The number of ether oxygens (including phenoxy) is 1. The lowest BCUT2D eigenvalue weighted by Gasteiger charge is -2.15. The number of halogens is 2. The van der Waals surface area contributed by atoms with Crippen molar-refractivity contribution in [2.24, 2.45) is 0 Å². The SMILES string of the molecule is C[C@H](Oc1cc(Br)ccc1[N+](=O)[O-])c1ccc(Cl)cc1. The van der Waals surface area contributed by atoms with Crippen molar-refractivity contribution in [1.29, 1.82) is 0 Å². The summed E-state index contributed by atoms with van der Waals surface area (Å²) in [5, 5.41) is 11.6. The van der Waals surface area contributed by atoms with Gasteiger partial charge in [0.2, 0.25) is 0 Å². The van der Waals surface area contributed by atoms with Crippen molar-refractivity contribution in [3.05, 3.63) is 67.6 Å². The van der Waals surface area contributed by atoms with Gasteiger partial charge < -0.3 is 4.74 Å². The van der Waals surface area contributed by atoms with Gasteiger partial charge >= 0.3 is 5.69 Å². The summed E-state index contributed by atoms with van der Waals surface area (Å²) in [5.41, 5.74) is 0.831. The first-order valence-electron chi connectivity index (χ1n) is 5.83. The van der Waals surface area contributed by atoms with Crippen molar-refractivity contribution in [2.75, 3.05) is 0 Å². The third-order valence-electron chi connectivity index (χ3n) is 2.76. The summed E-state index contributed by atoms with van der Waals surface area (Å²) in [6, 6.07) is 11.8. The van der Waals surface area contributed by atoms with E-state index in [2.05, 4.69) is 15.9 Å². The van der Waals surface area contributed by atoms with Crippen LogP contribution in [-0.2, 0) is 0 Å². The summed E-state index contributed by atoms with van der Waals surface area (Å²) >= 11 is 9.11. The van der Waals surface area contributed by atoms with Crippen LogP contribution in [0.15, 0.2) is 46.9 Å². The Bertz CT molecular complexity index is 631. The topological polar surface area (TPSA) is 52.4 Å². The van der Waals surface area contributed by atoms with E-state index in [1.54, 1.807) is 24.3 Å². The highest BCUT2D eigenvalue weighted by molar-refractivity contribution is 9.10. The summed E-state index contributed by atoms with van der Waals surface area (Å²) in [6.07, 6.45) is -0.319. The van der Waals surface area contributed by atoms with Crippen molar-refractivity contribution >= 4 is 33.2 Å². The predicted molar refractivity (Wildman–Crippen MR) is 81.3 cm³/mol. The number of hydrogen-bond donors (Lipinski definition) is 0. The quantitative estimate of drug-likeness (QED) is 0.562. The van der Waals surface area contributed by atoms with Crippen LogP contribution in [0.4, 0.5) is 5.69 Å². The standard InChI is InChI=1S/C14H11BrClNO3/c1-9(10-2-5-12(16)6-3-10)20-14-8-11(15)4-7-13(14)17(18)19/h2-9H,1H3/t9-/m0/s1. The molecule has 0 aliphatic carbocycles. The summed E-state index contributed by atoms with van der Waals surface area (Å²) in [6.45, 7) is 1.83. The minimum atomic E-state index is -0.462. The Morgan fingerprint density at radius 3 is 2.50 bits per heavy atom. The van der Waals surface area contributed by atoms with Crippen LogP contribution < -0.4 is 4.74 Å². The van der Waals surface area contributed by atoms with Crippen molar-refractivity contribution in [2.45, 2.75) is 13.0 Å². The second-order valence-corrected chi connectivity index (χ2v) is 5.53. The highest BCUT2D eigenvalue weighted by Crippen LogP contribution is 2.33. The van der Waals surface area contributed by atoms with Gasteiger partial charge in [0.25, 0.3) is 0 Å². The minimum Gasteiger partial charge on any atom is -0.479 e. The molecule has 0 aromatic heterocycles. The van der Waals surface area contributed by atoms with Gasteiger partial charge in [-0.3, -0.25) is 10.1 Å². The Morgan fingerprint density at radius 1 is 1.25 bits per heavy atom. The van der Waals surface area contributed by atoms with Crippen LogP contribution in [0.3, 0.4) is 0 Å². The third kappa shape index (κ3) is 3.49. The van der Waals surface area contributed by atoms with E-state index < -0.39 is 4.92 Å². The van der Waals surface area contributed by atoms with E-state index in [4.69, 9.17) is 16.3 Å². The minimum absolute atomic E-state index is 0.0611. The van der Waals surface area contributed by atoms with Crippen LogP contribution >= 0.6 is 27.5 Å². The van der Waals surface area contributed by atoms with Crippen LogP contribution in [0, 0.1) is 10.1 Å². The van der Waals surface area contributed by atoms with E-state index in [0.29, 0.717) is 5.02 Å². The molecular formula is C14H11BrClNO3. The highest BCUT2D eigenvalue weighted by Gasteiger charge is 2.18. The van der Waals surface area contributed by atoms with Crippen molar-refractivity contribution in [3.63, 3.8) is 0 Å². The third-order valence-corrected chi connectivity index (χ3v) is 3.51. The molecule has 0 aliphatic heterocycles. The monoisotopic (exact) mass is 355 g/mol. The highest BCUT2D eigenvalue weighted by atomic mass is 79.9. The van der Waals surface area contributed by atoms with Crippen LogP contribution in [0.1, 0.15) is 18.6 Å². The Balaban J connectivity index is 2.27. The molecule has 0 fully saturated rings. The van der Waals surface area contributed by atoms with Crippen LogP contribution in [0.5, 0.6) is 5.75 Å². The predicted octanol–water partition coefficient (Wildman–Crippen LogP) is 5.15. The molecule has 2 aromatic rings. The number of nitrogens with zero attached hydrogens (tertiary/aromatic N) is 1. The maximum absolute atomic E-state index is 11.0. The van der Waals surface area contributed by atoms with Crippen molar-refractivity contribution in [1.82, 2.24) is 0 Å². The van der Waals surface area contributed by atoms with Gasteiger partial charge in [-0.05, 0) is 30.7 Å². The van der Waals surface area contributed by atoms with Crippen LogP contribution in [-0.4, -0.2) is 4.92 Å². The lowest BCUT2D eigenvalue weighted by molar-refractivity contribution is -0.386. The summed E-state index contributed by atoms with van der Waals surface area (Å²) < 4.78 is 6.42. The van der Waals surface area contributed by atoms with E-state index in [9.17, 15) is 10.1 Å². The number of nitro benzene ring substituents is 1. The van der Waals surface area contributed by atoms with Gasteiger partial charge in [-0.25, -0.2) is 0 Å². The van der Waals surface area contributed by atoms with Gasteiger partial charge in [0, 0.05) is 21.6 Å². The summed E-state index contributed by atoms with van der Waals surface area (Å²) in [4.78, 5) is 10.5. The number of nitro groups is 1. The first kappa shape index (κ1) is 14.8. The summed E-state index contributed by atoms with van der Waals surface area (Å²) in [7, 11) is 0. The largest absolute Gasteiger partial charge is 0.479 e. The fraction of sp³-hybridized carbons (Fsp3) is 0.143. The molecule has 0 amide bonds. The van der Waals surface area contributed by atoms with Gasteiger partial charge in [-0.1, -0.05) is 39.7 Å². The average molecular weight is 357 g/mol. The molecule has 0 unspecified atom stereocenters. The number of benzene rings is 2. The molecule has 0 bridgehead atoms. The zero-order valence-electron chi connectivity index (χ0n) is 10.5. The molecule has 0 N–H and O–H groups in total. The first-order chi connectivity index (χ1) is 9.47. The fourth-order valence-corrected chi connectivity index (χ4v) is 2.19. The molecule has 0 aliphatic rings. The molecule has 0 saturated heterocycles. The average Bonchev–Trinajstić information content (AvgIpc) is 2.39. The molecule has 0 spiro atoms. The molecule has 2 rings (SSSR count). The van der Waals surface area contributed by atoms with Crippen molar-refractivity contribution in [3.8, 4) is 5.75 Å². The fourth-order valence-electron chi connectivity index (χ4n) is 1.73. The van der Waals surface area contributed by atoms with Crippen LogP contribution in [0.2, 0.25) is 5.02 Å². The smallest absolute Gasteiger partial charge is 0.311 e. The Hall–Kier alpha value is -1.59. The van der Waals surface area contributed by atoms with E-state index in [-0.39, 0.29) is 17.5 Å². The van der Waals surface area contributed by atoms with E-state index in [1.165, 1.54) is 6.07 Å². The maximum atomic E-state index is 11.0. The normalized spacial score (nSPS) is 11.9. The Morgan fingerprint density at radius 2 is 1.90 bits per heavy atom. The van der Waals surface area contributed by atoms with Gasteiger partial charge in [0.05, 0.1) is 4.92 Å². The molecule has 2 aromatic carbocycles. The zero-order chi connectivity index (χ0) is 14.7. The van der Waals surface area contributed by atoms with Gasteiger partial charge in [0.15, 0.2) is 5.75 Å². The lowest BCUT2D eigenvalue weighted by Crippen LogP contribution is -2.04. The first-order valence-corrected chi connectivity index (χ1v) is 7.00. The molecule has 0 saturated carbocycles. The number of hydrogen-bond acceptors (Lipinski definition) is 3. The second-order valence-electron chi connectivity index (χ2n) is 4.18.